The van der Waals surface area contributed by atoms with E-state index in [1.165, 1.54) is 7.11 Å². The summed E-state index contributed by atoms with van der Waals surface area (Å²) in [7, 11) is 2.91. The van der Waals surface area contributed by atoms with Crippen LogP contribution in [0.2, 0.25) is 0 Å². The Morgan fingerprint density at radius 2 is 2.14 bits per heavy atom. The second-order valence-corrected chi connectivity index (χ2v) is 3.38. The quantitative estimate of drug-likeness (QED) is 0.489. The largest absolute Gasteiger partial charge is 0.496 e. The number of benzene rings is 1. The predicted octanol–water partition coefficient (Wildman–Crippen LogP) is 2.42. The molecule has 1 aromatic rings. The van der Waals surface area contributed by atoms with Crippen LogP contribution < -0.4 is 4.74 Å². The Balaban J connectivity index is 3.25. The van der Waals surface area contributed by atoms with E-state index in [2.05, 4.69) is 22.6 Å². The number of esters is 1. The Bertz CT molecular complexity index is 314. The second kappa shape index (κ2) is 5.19. The van der Waals surface area contributed by atoms with Gasteiger partial charge in [0.2, 0.25) is 0 Å². The SMILES string of the molecule is COC(=O)c1c(CI)cccc1OC. The number of alkyl halides is 1. The lowest BCUT2D eigenvalue weighted by molar-refractivity contribution is 0.0596. The molecule has 0 bridgehead atoms. The highest BCUT2D eigenvalue weighted by Crippen LogP contribution is 2.24. The maximum atomic E-state index is 11.5. The Hall–Kier alpha value is -0.780. The molecule has 0 amide bonds. The standard InChI is InChI=1S/C10H11IO3/c1-13-8-5-3-4-7(6-11)9(8)10(12)14-2/h3-5H,6H2,1-2H3. The van der Waals surface area contributed by atoms with Crippen LogP contribution in [0, 0.1) is 0 Å². The normalized spacial score (nSPS) is 9.64. The summed E-state index contributed by atoms with van der Waals surface area (Å²) in [5, 5.41) is 0. The summed E-state index contributed by atoms with van der Waals surface area (Å²) in [5.41, 5.74) is 1.45. The van der Waals surface area contributed by atoms with Crippen molar-refractivity contribution in [2.75, 3.05) is 14.2 Å². The Morgan fingerprint density at radius 3 is 2.64 bits per heavy atom. The van der Waals surface area contributed by atoms with Crippen LogP contribution in [-0.2, 0) is 9.16 Å². The molecule has 1 rings (SSSR count). The third-order valence-electron chi connectivity index (χ3n) is 1.87. The van der Waals surface area contributed by atoms with E-state index < -0.39 is 0 Å². The third-order valence-corrected chi connectivity index (χ3v) is 2.69. The molecule has 1 aromatic carbocycles. The summed E-state index contributed by atoms with van der Waals surface area (Å²) in [6.07, 6.45) is 0. The highest BCUT2D eigenvalue weighted by atomic mass is 127. The molecule has 0 aliphatic heterocycles. The van der Waals surface area contributed by atoms with Crippen LogP contribution in [-0.4, -0.2) is 20.2 Å². The van der Waals surface area contributed by atoms with Crippen LogP contribution in [0.4, 0.5) is 0 Å². The first-order valence-electron chi connectivity index (χ1n) is 4.04. The van der Waals surface area contributed by atoms with Gasteiger partial charge in [-0.2, -0.15) is 0 Å². The van der Waals surface area contributed by atoms with E-state index in [-0.39, 0.29) is 5.97 Å². The van der Waals surface area contributed by atoms with Gasteiger partial charge in [0.15, 0.2) is 0 Å². The monoisotopic (exact) mass is 306 g/mol. The smallest absolute Gasteiger partial charge is 0.341 e. The molecule has 0 saturated heterocycles. The van der Waals surface area contributed by atoms with Crippen LogP contribution in [0.15, 0.2) is 18.2 Å². The molecule has 0 radical (unpaired) electrons. The fourth-order valence-corrected chi connectivity index (χ4v) is 1.83. The molecule has 0 unspecified atom stereocenters. The molecule has 0 aliphatic carbocycles. The molecular formula is C10H11IO3. The van der Waals surface area contributed by atoms with E-state index >= 15 is 0 Å². The highest BCUT2D eigenvalue weighted by Gasteiger charge is 2.16. The van der Waals surface area contributed by atoms with Gasteiger partial charge in [-0.25, -0.2) is 4.79 Å². The second-order valence-electron chi connectivity index (χ2n) is 2.62. The lowest BCUT2D eigenvalue weighted by atomic mass is 10.1. The van der Waals surface area contributed by atoms with Gasteiger partial charge < -0.3 is 9.47 Å². The summed E-state index contributed by atoms with van der Waals surface area (Å²) in [6.45, 7) is 0. The number of carbonyl (C=O) groups is 1. The fourth-order valence-electron chi connectivity index (χ4n) is 1.19. The zero-order valence-electron chi connectivity index (χ0n) is 8.04. The van der Waals surface area contributed by atoms with E-state index in [0.717, 1.165) is 9.99 Å². The molecule has 0 fully saturated rings. The van der Waals surface area contributed by atoms with Gasteiger partial charge >= 0.3 is 5.97 Å². The van der Waals surface area contributed by atoms with E-state index in [1.54, 1.807) is 13.2 Å². The van der Waals surface area contributed by atoms with Crippen molar-refractivity contribution < 1.29 is 14.3 Å². The molecule has 0 atom stereocenters. The molecule has 4 heteroatoms. The third kappa shape index (κ3) is 2.17. The lowest BCUT2D eigenvalue weighted by Crippen LogP contribution is -2.07. The highest BCUT2D eigenvalue weighted by molar-refractivity contribution is 14.1. The lowest BCUT2D eigenvalue weighted by Gasteiger charge is -2.09. The zero-order chi connectivity index (χ0) is 10.6. The fraction of sp³-hybridized carbons (Fsp3) is 0.300. The maximum absolute atomic E-state index is 11.5. The average molecular weight is 306 g/mol. The molecule has 14 heavy (non-hydrogen) atoms. The van der Waals surface area contributed by atoms with Crippen molar-refractivity contribution in [3.8, 4) is 5.75 Å². The number of rotatable bonds is 3. The molecule has 3 nitrogen and oxygen atoms in total. The van der Waals surface area contributed by atoms with E-state index in [1.807, 2.05) is 12.1 Å². The number of hydrogen-bond donors (Lipinski definition) is 0. The number of methoxy groups -OCH3 is 2. The first kappa shape index (κ1) is 11.3. The first-order valence-corrected chi connectivity index (χ1v) is 5.57. The van der Waals surface area contributed by atoms with Crippen molar-refractivity contribution in [2.24, 2.45) is 0 Å². The van der Waals surface area contributed by atoms with E-state index in [0.29, 0.717) is 11.3 Å². The van der Waals surface area contributed by atoms with E-state index in [4.69, 9.17) is 9.47 Å². The number of ether oxygens (including phenoxy) is 2. The van der Waals surface area contributed by atoms with Crippen LogP contribution in [0.3, 0.4) is 0 Å². The van der Waals surface area contributed by atoms with Crippen LogP contribution in [0.5, 0.6) is 5.75 Å². The van der Waals surface area contributed by atoms with Gasteiger partial charge in [-0.1, -0.05) is 34.7 Å². The molecule has 0 aliphatic rings. The zero-order valence-corrected chi connectivity index (χ0v) is 10.2. The summed E-state index contributed by atoms with van der Waals surface area (Å²) in [5.74, 6) is 0.208. The minimum atomic E-state index is -0.353. The van der Waals surface area contributed by atoms with Crippen LogP contribution in [0.1, 0.15) is 15.9 Å². The van der Waals surface area contributed by atoms with Gasteiger partial charge in [-0.3, -0.25) is 0 Å². The minimum absolute atomic E-state index is 0.353. The summed E-state index contributed by atoms with van der Waals surface area (Å²) in [4.78, 5) is 11.5. The topological polar surface area (TPSA) is 35.5 Å². The van der Waals surface area contributed by atoms with Gasteiger partial charge in [0, 0.05) is 4.43 Å². The van der Waals surface area contributed by atoms with Crippen molar-refractivity contribution in [1.82, 2.24) is 0 Å². The van der Waals surface area contributed by atoms with Gasteiger partial charge in [0.1, 0.15) is 11.3 Å². The van der Waals surface area contributed by atoms with Crippen molar-refractivity contribution in [2.45, 2.75) is 4.43 Å². The molecule has 0 spiro atoms. The number of hydrogen-bond acceptors (Lipinski definition) is 3. The Labute approximate surface area is 96.5 Å². The summed E-state index contributed by atoms with van der Waals surface area (Å²) < 4.78 is 10.6. The van der Waals surface area contributed by atoms with Gasteiger partial charge in [0.25, 0.3) is 0 Å². The van der Waals surface area contributed by atoms with Crippen LogP contribution >= 0.6 is 22.6 Å². The molecule has 0 heterocycles. The molecular weight excluding hydrogens is 295 g/mol. The molecule has 0 N–H and O–H groups in total. The van der Waals surface area contributed by atoms with Crippen LogP contribution in [0.25, 0.3) is 0 Å². The molecule has 0 aromatic heterocycles. The van der Waals surface area contributed by atoms with Crippen molar-refractivity contribution in [1.29, 1.82) is 0 Å². The first-order chi connectivity index (χ1) is 6.74. The van der Waals surface area contributed by atoms with Gasteiger partial charge in [-0.15, -0.1) is 0 Å². The molecule has 76 valence electrons. The Kier molecular flexibility index (Phi) is 4.19. The van der Waals surface area contributed by atoms with E-state index in [9.17, 15) is 4.79 Å². The van der Waals surface area contributed by atoms with Gasteiger partial charge in [-0.05, 0) is 11.6 Å². The maximum Gasteiger partial charge on any atom is 0.341 e. The van der Waals surface area contributed by atoms with Crippen molar-refractivity contribution >= 4 is 28.6 Å². The van der Waals surface area contributed by atoms with Gasteiger partial charge in [0.05, 0.1) is 14.2 Å². The Morgan fingerprint density at radius 1 is 1.43 bits per heavy atom. The predicted molar refractivity (Wildman–Crippen MR) is 62.1 cm³/mol. The minimum Gasteiger partial charge on any atom is -0.496 e. The summed E-state index contributed by atoms with van der Waals surface area (Å²) >= 11 is 2.20. The van der Waals surface area contributed by atoms with Crippen molar-refractivity contribution in [3.63, 3.8) is 0 Å². The summed E-state index contributed by atoms with van der Waals surface area (Å²) in [6, 6.07) is 5.50. The number of halogens is 1. The number of carbonyl (C=O) groups excluding carboxylic acids is 1. The molecule has 0 saturated carbocycles. The van der Waals surface area contributed by atoms with Crippen molar-refractivity contribution in [3.05, 3.63) is 29.3 Å². The average Bonchev–Trinajstić information content (AvgIpc) is 2.26.